The zero-order chi connectivity index (χ0) is 24.7. The standard InChI is InChI=1S/C29H31NO4S/c1-17-24(12-19-8-10-20(11-9-19)23-6-4-5-7-25(23)34-3)26(18(2)35-17)27(31)30-22-15-29(16-22)13-21(14-29)28(32)33/h4-11,21-22H,12-16H2,1-3H3,(H,30,31)(H,32,33). The molecular weight excluding hydrogens is 458 g/mol. The Morgan fingerprint density at radius 2 is 1.71 bits per heavy atom. The van der Waals surface area contributed by atoms with E-state index in [0.717, 1.165) is 64.1 Å². The largest absolute Gasteiger partial charge is 0.496 e. The molecule has 0 atom stereocenters. The summed E-state index contributed by atoms with van der Waals surface area (Å²) in [5.74, 6) is -0.0365. The van der Waals surface area contributed by atoms with Crippen LogP contribution in [0.15, 0.2) is 48.5 Å². The Morgan fingerprint density at radius 3 is 2.37 bits per heavy atom. The molecule has 0 radical (unpaired) electrons. The maximum absolute atomic E-state index is 13.3. The molecule has 3 aromatic rings. The van der Waals surface area contributed by atoms with Crippen LogP contribution in [0.1, 0.15) is 56.9 Å². The second-order valence-corrected chi connectivity index (χ2v) is 11.6. The highest BCUT2D eigenvalue weighted by molar-refractivity contribution is 7.12. The number of benzene rings is 2. The van der Waals surface area contributed by atoms with Gasteiger partial charge in [-0.1, -0.05) is 42.5 Å². The molecule has 0 unspecified atom stereocenters. The number of para-hydroxylation sites is 1. The molecule has 5 rings (SSSR count). The van der Waals surface area contributed by atoms with Crippen LogP contribution in [-0.2, 0) is 11.2 Å². The van der Waals surface area contributed by atoms with E-state index in [-0.39, 0.29) is 23.3 Å². The molecule has 182 valence electrons. The number of methoxy groups -OCH3 is 1. The quantitative estimate of drug-likeness (QED) is 0.427. The van der Waals surface area contributed by atoms with Crippen molar-refractivity contribution >= 4 is 23.2 Å². The van der Waals surface area contributed by atoms with Crippen LogP contribution in [-0.4, -0.2) is 30.1 Å². The Balaban J connectivity index is 1.27. The SMILES string of the molecule is COc1ccccc1-c1ccc(Cc2c(C)sc(C)c2C(=O)NC2CC3(C2)CC(C(=O)O)C3)cc1. The minimum atomic E-state index is -0.687. The zero-order valence-electron chi connectivity index (χ0n) is 20.4. The van der Waals surface area contributed by atoms with Crippen LogP contribution in [0.2, 0.25) is 0 Å². The van der Waals surface area contributed by atoms with E-state index in [1.807, 2.05) is 25.1 Å². The first-order valence-electron chi connectivity index (χ1n) is 12.1. The number of aliphatic carboxylic acids is 1. The van der Waals surface area contributed by atoms with Crippen molar-refractivity contribution in [2.45, 2.75) is 52.0 Å². The van der Waals surface area contributed by atoms with Crippen molar-refractivity contribution < 1.29 is 19.4 Å². The Labute approximate surface area is 210 Å². The molecule has 0 saturated heterocycles. The Bertz CT molecular complexity index is 1260. The van der Waals surface area contributed by atoms with Gasteiger partial charge in [0.25, 0.3) is 5.91 Å². The molecule has 1 spiro atoms. The van der Waals surface area contributed by atoms with E-state index in [0.29, 0.717) is 6.42 Å². The van der Waals surface area contributed by atoms with Crippen molar-refractivity contribution in [2.24, 2.45) is 11.3 Å². The van der Waals surface area contributed by atoms with E-state index >= 15 is 0 Å². The van der Waals surface area contributed by atoms with E-state index < -0.39 is 5.97 Å². The maximum atomic E-state index is 13.3. The molecule has 2 N–H and O–H groups in total. The molecule has 1 amide bonds. The topological polar surface area (TPSA) is 75.6 Å². The third-order valence-corrected chi connectivity index (χ3v) is 8.83. The summed E-state index contributed by atoms with van der Waals surface area (Å²) in [4.78, 5) is 26.6. The summed E-state index contributed by atoms with van der Waals surface area (Å²) in [5.41, 5.74) is 5.37. The van der Waals surface area contributed by atoms with Crippen LogP contribution in [0.25, 0.3) is 11.1 Å². The summed E-state index contributed by atoms with van der Waals surface area (Å²) in [7, 11) is 1.68. The van der Waals surface area contributed by atoms with Gasteiger partial charge >= 0.3 is 5.97 Å². The fourth-order valence-electron chi connectivity index (χ4n) is 5.97. The second kappa shape index (κ2) is 9.15. The number of ether oxygens (including phenoxy) is 1. The van der Waals surface area contributed by atoms with E-state index in [1.54, 1.807) is 18.4 Å². The van der Waals surface area contributed by atoms with Gasteiger partial charge in [-0.2, -0.15) is 0 Å². The molecule has 0 aliphatic heterocycles. The lowest BCUT2D eigenvalue weighted by Crippen LogP contribution is -2.57. The molecule has 2 aliphatic rings. The third kappa shape index (κ3) is 4.47. The predicted octanol–water partition coefficient (Wildman–Crippen LogP) is 6.00. The normalized spacial score (nSPS) is 22.8. The van der Waals surface area contributed by atoms with Gasteiger partial charge in [0.05, 0.1) is 18.6 Å². The first kappa shape index (κ1) is 23.6. The van der Waals surface area contributed by atoms with Gasteiger partial charge in [-0.25, -0.2) is 0 Å². The number of carboxylic acid groups (broad SMARTS) is 1. The van der Waals surface area contributed by atoms with Gasteiger partial charge in [0.1, 0.15) is 5.75 Å². The van der Waals surface area contributed by atoms with E-state index in [4.69, 9.17) is 9.84 Å². The van der Waals surface area contributed by atoms with Crippen molar-refractivity contribution in [3.05, 3.63) is 75.0 Å². The molecule has 2 saturated carbocycles. The van der Waals surface area contributed by atoms with Gasteiger partial charge in [-0.3, -0.25) is 9.59 Å². The van der Waals surface area contributed by atoms with Gasteiger partial charge in [-0.05, 0) is 74.1 Å². The zero-order valence-corrected chi connectivity index (χ0v) is 21.2. The van der Waals surface area contributed by atoms with Crippen molar-refractivity contribution in [3.63, 3.8) is 0 Å². The number of rotatable bonds is 7. The van der Waals surface area contributed by atoms with E-state index in [2.05, 4.69) is 42.6 Å². The lowest BCUT2D eigenvalue weighted by molar-refractivity contribution is -0.155. The monoisotopic (exact) mass is 489 g/mol. The van der Waals surface area contributed by atoms with Crippen LogP contribution >= 0.6 is 11.3 Å². The number of carbonyl (C=O) groups is 2. The first-order valence-corrected chi connectivity index (χ1v) is 12.9. The fourth-order valence-corrected chi connectivity index (χ4v) is 7.04. The summed E-state index contributed by atoms with van der Waals surface area (Å²) in [6, 6.07) is 16.6. The van der Waals surface area contributed by atoms with Crippen molar-refractivity contribution in [1.29, 1.82) is 0 Å². The maximum Gasteiger partial charge on any atom is 0.306 e. The van der Waals surface area contributed by atoms with Crippen molar-refractivity contribution in [3.8, 4) is 16.9 Å². The molecule has 6 heteroatoms. The van der Waals surface area contributed by atoms with Crippen molar-refractivity contribution in [2.75, 3.05) is 7.11 Å². The molecular formula is C29H31NO4S. The number of hydrogen-bond donors (Lipinski definition) is 2. The van der Waals surface area contributed by atoms with Gasteiger partial charge in [0, 0.05) is 21.4 Å². The van der Waals surface area contributed by atoms with Gasteiger partial charge in [0.15, 0.2) is 0 Å². The molecule has 2 fully saturated rings. The number of hydrogen-bond acceptors (Lipinski definition) is 4. The molecule has 5 nitrogen and oxygen atoms in total. The number of carboxylic acids is 1. The van der Waals surface area contributed by atoms with Crippen LogP contribution in [0.5, 0.6) is 5.75 Å². The summed E-state index contributed by atoms with van der Waals surface area (Å²) in [6.45, 7) is 4.11. The number of nitrogens with one attached hydrogen (secondary N) is 1. The molecule has 35 heavy (non-hydrogen) atoms. The van der Waals surface area contributed by atoms with Gasteiger partial charge in [0.2, 0.25) is 0 Å². The highest BCUT2D eigenvalue weighted by Gasteiger charge is 2.55. The van der Waals surface area contributed by atoms with Crippen LogP contribution < -0.4 is 10.1 Å². The number of amides is 1. The lowest BCUT2D eigenvalue weighted by atomic mass is 9.50. The van der Waals surface area contributed by atoms with Gasteiger partial charge in [-0.15, -0.1) is 11.3 Å². The average Bonchev–Trinajstić information content (AvgIpc) is 3.07. The number of carbonyl (C=O) groups excluding carboxylic acids is 1. The minimum Gasteiger partial charge on any atom is -0.496 e. The summed E-state index contributed by atoms with van der Waals surface area (Å²) >= 11 is 1.68. The molecule has 0 bridgehead atoms. The Hall–Kier alpha value is -3.12. The van der Waals surface area contributed by atoms with E-state index in [1.165, 1.54) is 4.88 Å². The predicted molar refractivity (Wildman–Crippen MR) is 138 cm³/mol. The average molecular weight is 490 g/mol. The summed E-state index contributed by atoms with van der Waals surface area (Å²) in [6.07, 6.45) is 4.00. The van der Waals surface area contributed by atoms with Crippen LogP contribution in [0.4, 0.5) is 0 Å². The number of thiophene rings is 1. The summed E-state index contributed by atoms with van der Waals surface area (Å²) < 4.78 is 5.50. The van der Waals surface area contributed by atoms with Gasteiger partial charge < -0.3 is 15.2 Å². The fraction of sp³-hybridized carbons (Fsp3) is 0.379. The highest BCUT2D eigenvalue weighted by Crippen LogP contribution is 2.58. The van der Waals surface area contributed by atoms with Crippen molar-refractivity contribution in [1.82, 2.24) is 5.32 Å². The minimum absolute atomic E-state index is 0.00134. The third-order valence-electron chi connectivity index (χ3n) is 7.77. The second-order valence-electron chi connectivity index (χ2n) is 10.2. The smallest absolute Gasteiger partial charge is 0.306 e. The summed E-state index contributed by atoms with van der Waals surface area (Å²) in [5, 5.41) is 12.4. The Morgan fingerprint density at radius 1 is 1.03 bits per heavy atom. The molecule has 2 aliphatic carbocycles. The van der Waals surface area contributed by atoms with E-state index in [9.17, 15) is 9.59 Å². The lowest BCUT2D eigenvalue weighted by Gasteiger charge is -2.56. The highest BCUT2D eigenvalue weighted by atomic mass is 32.1. The van der Waals surface area contributed by atoms with Crippen LogP contribution in [0.3, 0.4) is 0 Å². The number of aryl methyl sites for hydroxylation is 2. The molecule has 2 aromatic carbocycles. The Kier molecular flexibility index (Phi) is 6.18. The van der Waals surface area contributed by atoms with Crippen LogP contribution in [0, 0.1) is 25.2 Å². The molecule has 1 heterocycles. The molecule has 1 aromatic heterocycles. The first-order chi connectivity index (χ1) is 16.8.